The van der Waals surface area contributed by atoms with Gasteiger partial charge in [0.25, 0.3) is 0 Å². The molecule has 0 saturated heterocycles. The largest absolute Gasteiger partial charge is 0.373 e. The molecule has 0 radical (unpaired) electrons. The molecule has 7 heteroatoms. The van der Waals surface area contributed by atoms with Crippen LogP contribution in [0.2, 0.25) is 0 Å². The fourth-order valence-corrected chi connectivity index (χ4v) is 1.80. The van der Waals surface area contributed by atoms with E-state index in [1.165, 1.54) is 12.1 Å². The molecule has 1 N–H and O–H groups in total. The van der Waals surface area contributed by atoms with Crippen molar-refractivity contribution in [3.63, 3.8) is 0 Å². The van der Waals surface area contributed by atoms with E-state index in [2.05, 4.69) is 10.1 Å². The minimum absolute atomic E-state index is 0.143. The molecule has 1 unspecified atom stereocenters. The van der Waals surface area contributed by atoms with E-state index in [-0.39, 0.29) is 18.5 Å². The first-order chi connectivity index (χ1) is 9.76. The van der Waals surface area contributed by atoms with Gasteiger partial charge in [-0.05, 0) is 43.7 Å². The lowest BCUT2D eigenvalue weighted by atomic mass is 10.0. The highest BCUT2D eigenvalue weighted by Crippen LogP contribution is 2.23. The van der Waals surface area contributed by atoms with E-state index >= 15 is 0 Å². The molecule has 120 valence electrons. The van der Waals surface area contributed by atoms with Crippen LogP contribution in [-0.4, -0.2) is 38.7 Å². The summed E-state index contributed by atoms with van der Waals surface area (Å²) in [6.45, 7) is 0.262. The third kappa shape index (κ3) is 5.59. The fraction of sp³-hybridized carbons (Fsp3) is 0.571. The highest BCUT2D eigenvalue weighted by Gasteiger charge is 2.41. The zero-order valence-electron chi connectivity index (χ0n) is 11.8. The van der Waals surface area contributed by atoms with Crippen molar-refractivity contribution >= 4 is 0 Å². The predicted molar refractivity (Wildman–Crippen MR) is 69.5 cm³/mol. The molecule has 0 heterocycles. The molecule has 0 saturated carbocycles. The second-order valence-electron chi connectivity index (χ2n) is 4.84. The molecular weight excluding hydrogens is 293 g/mol. The minimum Gasteiger partial charge on any atom is -0.373 e. The molecule has 0 amide bonds. The second-order valence-corrected chi connectivity index (χ2v) is 4.84. The molecule has 1 aromatic rings. The van der Waals surface area contributed by atoms with Crippen molar-refractivity contribution in [1.82, 2.24) is 5.32 Å². The fourth-order valence-electron chi connectivity index (χ4n) is 1.80. The van der Waals surface area contributed by atoms with Crippen LogP contribution in [0.3, 0.4) is 0 Å². The highest BCUT2D eigenvalue weighted by molar-refractivity contribution is 5.27. The van der Waals surface area contributed by atoms with Crippen molar-refractivity contribution < 1.29 is 26.7 Å². The number of halogens is 5. The van der Waals surface area contributed by atoms with Crippen LogP contribution < -0.4 is 5.32 Å². The van der Waals surface area contributed by atoms with Crippen LogP contribution in [0.4, 0.5) is 22.0 Å². The van der Waals surface area contributed by atoms with Gasteiger partial charge in [0.1, 0.15) is 12.4 Å². The Bertz CT molecular complexity index is 453. The van der Waals surface area contributed by atoms with Crippen molar-refractivity contribution in [2.24, 2.45) is 0 Å². The van der Waals surface area contributed by atoms with Gasteiger partial charge in [0, 0.05) is 6.04 Å². The maximum atomic E-state index is 13.0. The van der Waals surface area contributed by atoms with Crippen molar-refractivity contribution in [1.29, 1.82) is 0 Å². The first-order valence-electron chi connectivity index (χ1n) is 6.42. The van der Waals surface area contributed by atoms with Crippen LogP contribution >= 0.6 is 0 Å². The third-order valence-corrected chi connectivity index (χ3v) is 3.11. The normalized spacial score (nSPS) is 13.7. The van der Waals surface area contributed by atoms with Crippen LogP contribution in [0.15, 0.2) is 18.2 Å². The van der Waals surface area contributed by atoms with Gasteiger partial charge in [-0.1, -0.05) is 6.07 Å². The highest BCUT2D eigenvalue weighted by atomic mass is 19.3. The van der Waals surface area contributed by atoms with Crippen LogP contribution in [0, 0.1) is 12.7 Å². The summed E-state index contributed by atoms with van der Waals surface area (Å²) in [5, 5.41) is 2.86. The zero-order chi connectivity index (χ0) is 16.0. The Balaban J connectivity index is 2.52. The molecule has 1 rings (SSSR count). The molecule has 0 aromatic heterocycles. The minimum atomic E-state index is -4.15. The quantitative estimate of drug-likeness (QED) is 0.745. The van der Waals surface area contributed by atoms with Crippen LogP contribution in [-0.2, 0) is 11.2 Å². The van der Waals surface area contributed by atoms with E-state index in [1.54, 1.807) is 20.0 Å². The van der Waals surface area contributed by atoms with Crippen LogP contribution in [0.25, 0.3) is 0 Å². The first kappa shape index (κ1) is 17.8. The molecule has 0 aliphatic heterocycles. The maximum Gasteiger partial charge on any atom is 0.330 e. The van der Waals surface area contributed by atoms with Gasteiger partial charge < -0.3 is 10.1 Å². The third-order valence-electron chi connectivity index (χ3n) is 3.11. The van der Waals surface area contributed by atoms with Crippen molar-refractivity contribution in [3.8, 4) is 0 Å². The molecule has 0 spiro atoms. The summed E-state index contributed by atoms with van der Waals surface area (Å²) in [4.78, 5) is 0. The molecule has 0 bridgehead atoms. The molecule has 0 fully saturated rings. The van der Waals surface area contributed by atoms with Crippen molar-refractivity contribution in [3.05, 3.63) is 35.1 Å². The van der Waals surface area contributed by atoms with Gasteiger partial charge in [0.2, 0.25) is 0 Å². The van der Waals surface area contributed by atoms with E-state index in [0.717, 1.165) is 11.1 Å². The smallest absolute Gasteiger partial charge is 0.330 e. The van der Waals surface area contributed by atoms with Gasteiger partial charge in [0.15, 0.2) is 0 Å². The number of hydrogen-bond acceptors (Lipinski definition) is 2. The lowest BCUT2D eigenvalue weighted by Crippen LogP contribution is -2.37. The summed E-state index contributed by atoms with van der Waals surface area (Å²) in [5.74, 6) is -4.51. The van der Waals surface area contributed by atoms with Gasteiger partial charge in [0.05, 0.1) is 6.61 Å². The molecule has 0 aliphatic rings. The lowest BCUT2D eigenvalue weighted by molar-refractivity contribution is -0.166. The maximum absolute atomic E-state index is 13.0. The summed E-state index contributed by atoms with van der Waals surface area (Å²) in [6.07, 6.45) is -3.33. The Morgan fingerprint density at radius 1 is 1.29 bits per heavy atom. The SMILES string of the molecule is CNC(COCC(F)(F)C(F)F)Cc1ccc(F)cc1C. The number of hydrogen-bond donors (Lipinski definition) is 1. The summed E-state index contributed by atoms with van der Waals surface area (Å²) in [5.41, 5.74) is 1.56. The molecule has 21 heavy (non-hydrogen) atoms. The number of aryl methyl sites for hydroxylation is 1. The zero-order valence-corrected chi connectivity index (χ0v) is 11.8. The average molecular weight is 311 g/mol. The van der Waals surface area contributed by atoms with Gasteiger partial charge in [-0.25, -0.2) is 13.2 Å². The Kier molecular flexibility index (Phi) is 6.54. The number of nitrogens with one attached hydrogen (secondary N) is 1. The Morgan fingerprint density at radius 2 is 1.95 bits per heavy atom. The Labute approximate surface area is 120 Å². The van der Waals surface area contributed by atoms with E-state index in [9.17, 15) is 22.0 Å². The van der Waals surface area contributed by atoms with Gasteiger partial charge in [-0.2, -0.15) is 8.78 Å². The topological polar surface area (TPSA) is 21.3 Å². The number of likely N-dealkylation sites (N-methyl/N-ethyl adjacent to an activating group) is 1. The van der Waals surface area contributed by atoms with E-state index in [4.69, 9.17) is 0 Å². The molecule has 1 aromatic carbocycles. The van der Waals surface area contributed by atoms with Gasteiger partial charge in [-0.3, -0.25) is 0 Å². The summed E-state index contributed by atoms with van der Waals surface area (Å²) in [6, 6.07) is 3.94. The average Bonchev–Trinajstić information content (AvgIpc) is 2.39. The van der Waals surface area contributed by atoms with E-state index in [1.807, 2.05) is 0 Å². The van der Waals surface area contributed by atoms with Crippen molar-refractivity contribution in [2.45, 2.75) is 31.7 Å². The Hall–Kier alpha value is -1.21. The van der Waals surface area contributed by atoms with Gasteiger partial charge >= 0.3 is 12.3 Å². The van der Waals surface area contributed by atoms with E-state index in [0.29, 0.717) is 6.42 Å². The summed E-state index contributed by atoms with van der Waals surface area (Å²) >= 11 is 0. The monoisotopic (exact) mass is 311 g/mol. The summed E-state index contributed by atoms with van der Waals surface area (Å²) in [7, 11) is 1.61. The van der Waals surface area contributed by atoms with Crippen LogP contribution in [0.5, 0.6) is 0 Å². The lowest BCUT2D eigenvalue weighted by Gasteiger charge is -2.20. The molecular formula is C14H18F5NO. The molecule has 0 aliphatic carbocycles. The Morgan fingerprint density at radius 3 is 2.48 bits per heavy atom. The van der Waals surface area contributed by atoms with E-state index < -0.39 is 19.0 Å². The second kappa shape index (κ2) is 7.70. The van der Waals surface area contributed by atoms with Crippen molar-refractivity contribution in [2.75, 3.05) is 20.3 Å². The molecule has 2 nitrogen and oxygen atoms in total. The summed E-state index contributed by atoms with van der Waals surface area (Å²) < 4.78 is 67.0. The number of rotatable bonds is 8. The molecule has 1 atom stereocenters. The van der Waals surface area contributed by atoms with Gasteiger partial charge in [-0.15, -0.1) is 0 Å². The first-order valence-corrected chi connectivity index (χ1v) is 6.42. The predicted octanol–water partition coefficient (Wildman–Crippen LogP) is 3.18. The number of benzene rings is 1. The number of alkyl halides is 4. The standard InChI is InChI=1S/C14H18F5NO/c1-9-5-11(15)4-3-10(9)6-12(20-2)7-21-8-14(18,19)13(16)17/h3-5,12-13,20H,6-8H2,1-2H3. The number of ether oxygens (including phenoxy) is 1. The van der Waals surface area contributed by atoms with Crippen LogP contribution in [0.1, 0.15) is 11.1 Å².